The second-order valence-electron chi connectivity index (χ2n) is 3.34. The summed E-state index contributed by atoms with van der Waals surface area (Å²) in [5.74, 6) is -2.40. The van der Waals surface area contributed by atoms with E-state index in [9.17, 15) is 4.79 Å². The lowest BCUT2D eigenvalue weighted by atomic mass is 10.4. The van der Waals surface area contributed by atoms with Crippen LogP contribution in [0.3, 0.4) is 0 Å². The summed E-state index contributed by atoms with van der Waals surface area (Å²) in [6, 6.07) is 0. The fourth-order valence-corrected chi connectivity index (χ4v) is 1.42. The van der Waals surface area contributed by atoms with Gasteiger partial charge in [0.25, 0.3) is 6.29 Å². The monoisotopic (exact) mass is 276 g/mol. The van der Waals surface area contributed by atoms with E-state index in [0.717, 1.165) is 6.08 Å². The number of hydrogen-bond acceptors (Lipinski definition) is 6. The van der Waals surface area contributed by atoms with Gasteiger partial charge in [0.1, 0.15) is 0 Å². The Morgan fingerprint density at radius 1 is 1.05 bits per heavy atom. The molecule has 0 heterocycles. The summed E-state index contributed by atoms with van der Waals surface area (Å²) in [5.41, 5.74) is 0. The molecule has 0 aliphatic rings. The topological polar surface area (TPSA) is 63.2 Å². The van der Waals surface area contributed by atoms with Crippen LogP contribution in [0.4, 0.5) is 0 Å². The molecule has 0 unspecified atom stereocenters. The predicted octanol–water partition coefficient (Wildman–Crippen LogP) is 1.84. The highest BCUT2D eigenvalue weighted by Crippen LogP contribution is 2.25. The van der Waals surface area contributed by atoms with E-state index >= 15 is 0 Å². The lowest BCUT2D eigenvalue weighted by Crippen LogP contribution is -2.53. The van der Waals surface area contributed by atoms with Crippen molar-refractivity contribution in [2.24, 2.45) is 0 Å². The van der Waals surface area contributed by atoms with Crippen molar-refractivity contribution in [2.45, 2.75) is 40.0 Å². The van der Waals surface area contributed by atoms with Crippen molar-refractivity contribution in [3.8, 4) is 0 Å². The number of carbonyl (C=O) groups is 1. The van der Waals surface area contributed by atoms with E-state index in [1.54, 1.807) is 27.7 Å². The summed E-state index contributed by atoms with van der Waals surface area (Å²) in [6.07, 6.45) is 0.0631. The molecule has 0 amide bonds. The van der Waals surface area contributed by atoms with Crippen LogP contribution in [0, 0.1) is 0 Å². The average Bonchev–Trinajstić information content (AvgIpc) is 2.38. The molecule has 0 aromatic rings. The summed E-state index contributed by atoms with van der Waals surface area (Å²) < 4.78 is 26.9. The summed E-state index contributed by atoms with van der Waals surface area (Å²) in [4.78, 5) is 11.5. The standard InChI is InChI=1S/C13H24O6/c1-6-11(14)19-13(17-9-4,18-10-5)12(15-7-2)16-8-3/h6,12H,1,7-10H2,2-5H3. The van der Waals surface area contributed by atoms with Crippen molar-refractivity contribution in [1.82, 2.24) is 0 Å². The van der Waals surface area contributed by atoms with E-state index in [1.165, 1.54) is 0 Å². The second kappa shape index (κ2) is 9.91. The molecule has 6 nitrogen and oxygen atoms in total. The minimum Gasteiger partial charge on any atom is -0.400 e. The Labute approximate surface area is 114 Å². The molecule has 19 heavy (non-hydrogen) atoms. The van der Waals surface area contributed by atoms with Gasteiger partial charge in [0.15, 0.2) is 0 Å². The smallest absolute Gasteiger partial charge is 0.383 e. The van der Waals surface area contributed by atoms with Crippen LogP contribution in [0.5, 0.6) is 0 Å². The van der Waals surface area contributed by atoms with Crippen molar-refractivity contribution >= 4 is 5.97 Å². The van der Waals surface area contributed by atoms with E-state index in [4.69, 9.17) is 23.7 Å². The maximum Gasteiger partial charge on any atom is 0.383 e. The third kappa shape index (κ3) is 5.69. The zero-order valence-corrected chi connectivity index (χ0v) is 12.1. The molecular weight excluding hydrogens is 252 g/mol. The minimum absolute atomic E-state index is 0.265. The maximum atomic E-state index is 11.5. The van der Waals surface area contributed by atoms with Gasteiger partial charge in [0.2, 0.25) is 0 Å². The molecule has 0 atom stereocenters. The van der Waals surface area contributed by atoms with Gasteiger partial charge in [-0.05, 0) is 27.7 Å². The van der Waals surface area contributed by atoms with Crippen LogP contribution in [0.15, 0.2) is 12.7 Å². The van der Waals surface area contributed by atoms with Crippen molar-refractivity contribution in [3.63, 3.8) is 0 Å². The van der Waals surface area contributed by atoms with Crippen molar-refractivity contribution in [3.05, 3.63) is 12.7 Å². The highest BCUT2D eigenvalue weighted by molar-refractivity contribution is 5.81. The molecule has 0 aliphatic heterocycles. The molecule has 0 aromatic heterocycles. The van der Waals surface area contributed by atoms with Crippen LogP contribution in [0.25, 0.3) is 0 Å². The Balaban J connectivity index is 5.22. The molecular formula is C13H24O6. The highest BCUT2D eigenvalue weighted by atomic mass is 16.9. The molecule has 0 saturated heterocycles. The van der Waals surface area contributed by atoms with E-state index in [2.05, 4.69) is 6.58 Å². The van der Waals surface area contributed by atoms with Gasteiger partial charge in [-0.15, -0.1) is 0 Å². The first-order chi connectivity index (χ1) is 9.10. The Bertz CT molecular complexity index is 254. The largest absolute Gasteiger partial charge is 0.400 e. The summed E-state index contributed by atoms with van der Waals surface area (Å²) in [7, 11) is 0. The van der Waals surface area contributed by atoms with Gasteiger partial charge >= 0.3 is 11.9 Å². The number of hydrogen-bond donors (Lipinski definition) is 0. The van der Waals surface area contributed by atoms with Crippen molar-refractivity contribution in [2.75, 3.05) is 26.4 Å². The Morgan fingerprint density at radius 2 is 1.53 bits per heavy atom. The first kappa shape index (κ1) is 18.0. The molecule has 0 aromatic carbocycles. The molecule has 0 aliphatic carbocycles. The molecule has 0 N–H and O–H groups in total. The quantitative estimate of drug-likeness (QED) is 0.326. The zero-order valence-electron chi connectivity index (χ0n) is 12.1. The molecule has 6 heteroatoms. The normalized spacial score (nSPS) is 11.6. The first-order valence-electron chi connectivity index (χ1n) is 6.46. The number of carbonyl (C=O) groups excluding carboxylic acids is 1. The maximum absolute atomic E-state index is 11.5. The molecule has 0 fully saturated rings. The van der Waals surface area contributed by atoms with Gasteiger partial charge in [-0.25, -0.2) is 4.79 Å². The average molecular weight is 276 g/mol. The Hall–Kier alpha value is -0.950. The van der Waals surface area contributed by atoms with Crippen LogP contribution in [-0.2, 0) is 28.5 Å². The summed E-state index contributed by atoms with van der Waals surface area (Å²) in [5, 5.41) is 0. The first-order valence-corrected chi connectivity index (χ1v) is 6.46. The predicted molar refractivity (Wildman–Crippen MR) is 69.3 cm³/mol. The molecule has 0 rings (SSSR count). The second-order valence-corrected chi connectivity index (χ2v) is 3.34. The van der Waals surface area contributed by atoms with Gasteiger partial charge in [-0.3, -0.25) is 0 Å². The van der Waals surface area contributed by atoms with E-state index < -0.39 is 18.2 Å². The van der Waals surface area contributed by atoms with Crippen molar-refractivity contribution in [1.29, 1.82) is 0 Å². The van der Waals surface area contributed by atoms with Gasteiger partial charge < -0.3 is 23.7 Å². The highest BCUT2D eigenvalue weighted by Gasteiger charge is 2.47. The van der Waals surface area contributed by atoms with Gasteiger partial charge in [0.05, 0.1) is 13.2 Å². The van der Waals surface area contributed by atoms with Gasteiger partial charge in [0, 0.05) is 19.3 Å². The van der Waals surface area contributed by atoms with Gasteiger partial charge in [-0.1, -0.05) is 6.58 Å². The third-order valence-corrected chi connectivity index (χ3v) is 2.03. The van der Waals surface area contributed by atoms with Crippen LogP contribution in [0.2, 0.25) is 0 Å². The van der Waals surface area contributed by atoms with Crippen LogP contribution >= 0.6 is 0 Å². The van der Waals surface area contributed by atoms with Crippen LogP contribution in [0.1, 0.15) is 27.7 Å². The van der Waals surface area contributed by atoms with E-state index in [1.807, 2.05) is 0 Å². The summed E-state index contributed by atoms with van der Waals surface area (Å²) in [6.45, 7) is 11.7. The molecule has 0 saturated carbocycles. The molecule has 112 valence electrons. The van der Waals surface area contributed by atoms with Crippen LogP contribution in [-0.4, -0.2) is 44.7 Å². The fourth-order valence-electron chi connectivity index (χ4n) is 1.42. The zero-order chi connectivity index (χ0) is 14.7. The Kier molecular flexibility index (Phi) is 9.42. The fraction of sp³-hybridized carbons (Fsp3) is 0.769. The van der Waals surface area contributed by atoms with Crippen molar-refractivity contribution < 1.29 is 28.5 Å². The molecule has 0 bridgehead atoms. The van der Waals surface area contributed by atoms with E-state index in [0.29, 0.717) is 13.2 Å². The van der Waals surface area contributed by atoms with Crippen LogP contribution < -0.4 is 0 Å². The molecule has 0 spiro atoms. The number of esters is 1. The molecule has 0 radical (unpaired) electrons. The Morgan fingerprint density at radius 3 is 1.84 bits per heavy atom. The number of rotatable bonds is 11. The van der Waals surface area contributed by atoms with E-state index in [-0.39, 0.29) is 13.2 Å². The minimum atomic E-state index is -1.72. The number of ether oxygens (including phenoxy) is 5. The lowest BCUT2D eigenvalue weighted by Gasteiger charge is -2.36. The summed E-state index contributed by atoms with van der Waals surface area (Å²) >= 11 is 0. The van der Waals surface area contributed by atoms with Gasteiger partial charge in [-0.2, -0.15) is 0 Å². The lowest BCUT2D eigenvalue weighted by molar-refractivity contribution is -0.438. The third-order valence-electron chi connectivity index (χ3n) is 2.03. The SMILES string of the molecule is C=CC(=O)OC(OCC)(OCC)C(OCC)OCC.